The Kier molecular flexibility index (Phi) is 5.46. The van der Waals surface area contributed by atoms with E-state index in [-0.39, 0.29) is 5.88 Å². The van der Waals surface area contributed by atoms with Gasteiger partial charge in [0.1, 0.15) is 11.8 Å². The number of rotatable bonds is 6. The molecule has 0 fully saturated rings. The van der Waals surface area contributed by atoms with Crippen LogP contribution in [0.2, 0.25) is 0 Å². The molecule has 5 aromatic rings. The van der Waals surface area contributed by atoms with Gasteiger partial charge in [-0.15, -0.1) is 0 Å². The molecule has 33 heavy (non-hydrogen) atoms. The van der Waals surface area contributed by atoms with Crippen LogP contribution in [-0.4, -0.2) is 33.1 Å². The number of nitrogens with zero attached hydrogens (tertiary/aromatic N) is 2. The van der Waals surface area contributed by atoms with E-state index in [9.17, 15) is 9.90 Å². The summed E-state index contributed by atoms with van der Waals surface area (Å²) < 4.78 is 11.0. The van der Waals surface area contributed by atoms with Gasteiger partial charge in [-0.25, -0.2) is 9.78 Å². The Hall–Kier alpha value is -4.23. The highest BCUT2D eigenvalue weighted by atomic mass is 16.5. The molecule has 2 aromatic heterocycles. The van der Waals surface area contributed by atoms with Gasteiger partial charge in [-0.05, 0) is 23.3 Å². The van der Waals surface area contributed by atoms with E-state index >= 15 is 0 Å². The maximum absolute atomic E-state index is 11.9. The minimum Gasteiger partial charge on any atom is -0.493 e. The lowest BCUT2D eigenvalue weighted by atomic mass is 10.1. The molecular formula is C26H21N3O4. The third-order valence-corrected chi connectivity index (χ3v) is 5.47. The Balaban J connectivity index is 1.58. The molecule has 164 valence electrons. The lowest BCUT2D eigenvalue weighted by Gasteiger charge is -2.17. The highest BCUT2D eigenvalue weighted by Gasteiger charge is 2.22. The minimum absolute atomic E-state index is 0.156. The molecule has 0 aliphatic carbocycles. The van der Waals surface area contributed by atoms with Crippen molar-refractivity contribution in [1.29, 1.82) is 0 Å². The van der Waals surface area contributed by atoms with Gasteiger partial charge >= 0.3 is 5.97 Å². The first-order chi connectivity index (χ1) is 16.1. The van der Waals surface area contributed by atoms with Crippen LogP contribution in [0.5, 0.6) is 5.88 Å². The SMILES string of the molecule is COC(=O)c1ccc2c(c1)[nH]c1nc(C(OCc3ccccc3)c3ccccc3)nc(O)c12. The molecule has 0 aliphatic rings. The van der Waals surface area contributed by atoms with Crippen molar-refractivity contribution in [2.75, 3.05) is 7.11 Å². The molecule has 0 saturated carbocycles. The van der Waals surface area contributed by atoms with Crippen LogP contribution in [0.25, 0.3) is 21.9 Å². The number of ether oxygens (including phenoxy) is 2. The van der Waals surface area contributed by atoms with Crippen molar-refractivity contribution < 1.29 is 19.4 Å². The molecule has 0 spiro atoms. The fourth-order valence-electron chi connectivity index (χ4n) is 3.86. The molecule has 2 N–H and O–H groups in total. The second kappa shape index (κ2) is 8.72. The maximum atomic E-state index is 11.9. The summed E-state index contributed by atoms with van der Waals surface area (Å²) in [6.45, 7) is 0.359. The predicted molar refractivity (Wildman–Crippen MR) is 124 cm³/mol. The van der Waals surface area contributed by atoms with Crippen molar-refractivity contribution in [2.24, 2.45) is 0 Å². The van der Waals surface area contributed by atoms with Crippen LogP contribution in [0.4, 0.5) is 0 Å². The van der Waals surface area contributed by atoms with Gasteiger partial charge in [-0.3, -0.25) is 0 Å². The number of benzene rings is 3. The fraction of sp³-hybridized carbons (Fsp3) is 0.115. The van der Waals surface area contributed by atoms with Gasteiger partial charge in [0.05, 0.1) is 24.7 Å². The number of aromatic hydroxyl groups is 1. The first kappa shape index (κ1) is 20.7. The third kappa shape index (κ3) is 4.02. The van der Waals surface area contributed by atoms with Gasteiger partial charge in [-0.2, -0.15) is 4.98 Å². The van der Waals surface area contributed by atoms with Gasteiger partial charge < -0.3 is 19.6 Å². The Morgan fingerprint density at radius 1 is 1.00 bits per heavy atom. The number of fused-ring (bicyclic) bond motifs is 3. The number of aromatic nitrogens is 3. The van der Waals surface area contributed by atoms with Crippen molar-refractivity contribution in [1.82, 2.24) is 15.0 Å². The van der Waals surface area contributed by atoms with E-state index in [1.807, 2.05) is 60.7 Å². The molecule has 7 heteroatoms. The van der Waals surface area contributed by atoms with Gasteiger partial charge in [0.15, 0.2) is 5.82 Å². The average molecular weight is 439 g/mol. The summed E-state index contributed by atoms with van der Waals surface area (Å²) >= 11 is 0. The molecule has 0 amide bonds. The standard InChI is InChI=1S/C26H21N3O4/c1-32-26(31)18-12-13-19-20(14-18)27-23-21(19)25(30)29-24(28-23)22(17-10-6-3-7-11-17)33-15-16-8-4-2-5-9-16/h2-14,22H,15H2,1H3,(H2,27,28,29,30). The number of esters is 1. The average Bonchev–Trinajstić information content (AvgIpc) is 3.23. The first-order valence-corrected chi connectivity index (χ1v) is 10.4. The zero-order valence-corrected chi connectivity index (χ0v) is 17.9. The van der Waals surface area contributed by atoms with Crippen LogP contribution < -0.4 is 0 Å². The van der Waals surface area contributed by atoms with E-state index < -0.39 is 12.1 Å². The van der Waals surface area contributed by atoms with Crippen LogP contribution in [0.1, 0.15) is 33.4 Å². The van der Waals surface area contributed by atoms with Crippen LogP contribution in [0.3, 0.4) is 0 Å². The van der Waals surface area contributed by atoms with E-state index in [1.165, 1.54) is 7.11 Å². The smallest absolute Gasteiger partial charge is 0.337 e. The second-order valence-corrected chi connectivity index (χ2v) is 7.59. The molecule has 1 unspecified atom stereocenters. The Morgan fingerprint density at radius 2 is 1.73 bits per heavy atom. The predicted octanol–water partition coefficient (Wildman–Crippen LogP) is 4.91. The Bertz CT molecular complexity index is 1430. The minimum atomic E-state index is -0.584. The maximum Gasteiger partial charge on any atom is 0.337 e. The Labute approximate surface area is 189 Å². The zero-order valence-electron chi connectivity index (χ0n) is 17.9. The van der Waals surface area contributed by atoms with Crippen molar-refractivity contribution in [2.45, 2.75) is 12.7 Å². The summed E-state index contributed by atoms with van der Waals surface area (Å²) in [6.07, 6.45) is -0.584. The van der Waals surface area contributed by atoms with E-state index in [0.717, 1.165) is 11.1 Å². The largest absolute Gasteiger partial charge is 0.493 e. The topological polar surface area (TPSA) is 97.3 Å². The quantitative estimate of drug-likeness (QED) is 0.365. The monoisotopic (exact) mass is 439 g/mol. The molecule has 0 bridgehead atoms. The number of carbonyl (C=O) groups excluding carboxylic acids is 1. The number of aromatic amines is 1. The summed E-state index contributed by atoms with van der Waals surface area (Å²) in [7, 11) is 1.33. The molecule has 2 heterocycles. The molecule has 1 atom stereocenters. The molecule has 0 aliphatic heterocycles. The molecule has 0 saturated heterocycles. The van der Waals surface area contributed by atoms with E-state index in [1.54, 1.807) is 18.2 Å². The van der Waals surface area contributed by atoms with Crippen molar-refractivity contribution in [3.05, 3.63) is 101 Å². The van der Waals surface area contributed by atoms with Crippen molar-refractivity contribution in [3.8, 4) is 5.88 Å². The van der Waals surface area contributed by atoms with Crippen LogP contribution in [-0.2, 0) is 16.1 Å². The highest BCUT2D eigenvalue weighted by molar-refractivity contribution is 6.09. The van der Waals surface area contributed by atoms with Crippen LogP contribution in [0, 0.1) is 0 Å². The number of carbonyl (C=O) groups is 1. The summed E-state index contributed by atoms with van der Waals surface area (Å²) in [5, 5.41) is 12.0. The molecule has 0 radical (unpaired) electrons. The normalized spacial score (nSPS) is 12.2. The highest BCUT2D eigenvalue weighted by Crippen LogP contribution is 2.34. The molecule has 7 nitrogen and oxygen atoms in total. The molecule has 5 rings (SSSR count). The second-order valence-electron chi connectivity index (χ2n) is 7.59. The summed E-state index contributed by atoms with van der Waals surface area (Å²) in [5.41, 5.74) is 3.40. The van der Waals surface area contributed by atoms with E-state index in [0.29, 0.717) is 39.9 Å². The number of hydrogen-bond donors (Lipinski definition) is 2. The number of hydrogen-bond acceptors (Lipinski definition) is 6. The first-order valence-electron chi connectivity index (χ1n) is 10.4. The third-order valence-electron chi connectivity index (χ3n) is 5.47. The van der Waals surface area contributed by atoms with Crippen molar-refractivity contribution >= 4 is 27.9 Å². The summed E-state index contributed by atoms with van der Waals surface area (Å²) in [6, 6.07) is 24.5. The van der Waals surface area contributed by atoms with E-state index in [2.05, 4.69) is 15.0 Å². The zero-order chi connectivity index (χ0) is 22.8. The van der Waals surface area contributed by atoms with Crippen molar-refractivity contribution in [3.63, 3.8) is 0 Å². The van der Waals surface area contributed by atoms with Crippen LogP contribution in [0.15, 0.2) is 78.9 Å². The van der Waals surface area contributed by atoms with Gasteiger partial charge in [-0.1, -0.05) is 66.7 Å². The molecule has 3 aromatic carbocycles. The molecular weight excluding hydrogens is 418 g/mol. The van der Waals surface area contributed by atoms with Crippen LogP contribution >= 0.6 is 0 Å². The lowest BCUT2D eigenvalue weighted by molar-refractivity contribution is 0.0600. The van der Waals surface area contributed by atoms with Gasteiger partial charge in [0, 0.05) is 10.9 Å². The van der Waals surface area contributed by atoms with Gasteiger partial charge in [0.2, 0.25) is 5.88 Å². The van der Waals surface area contributed by atoms with E-state index in [4.69, 9.17) is 9.47 Å². The number of methoxy groups -OCH3 is 1. The van der Waals surface area contributed by atoms with Gasteiger partial charge in [0.25, 0.3) is 0 Å². The fourth-order valence-corrected chi connectivity index (χ4v) is 3.86. The summed E-state index contributed by atoms with van der Waals surface area (Å²) in [5.74, 6) is -0.261. The Morgan fingerprint density at radius 3 is 2.45 bits per heavy atom. The number of nitrogens with one attached hydrogen (secondary N) is 1. The number of H-pyrrole nitrogens is 1. The lowest BCUT2D eigenvalue weighted by Crippen LogP contribution is -2.10. The summed E-state index contributed by atoms with van der Waals surface area (Å²) in [4.78, 5) is 24.2.